The molecule has 2 heterocycles. The van der Waals surface area contributed by atoms with Gasteiger partial charge in [-0.05, 0) is 18.2 Å². The van der Waals surface area contributed by atoms with Crippen LogP contribution in [0.5, 0.6) is 0 Å². The third-order valence-electron chi connectivity index (χ3n) is 4.05. The van der Waals surface area contributed by atoms with Crippen molar-refractivity contribution in [3.8, 4) is 11.3 Å². The van der Waals surface area contributed by atoms with E-state index in [9.17, 15) is 29.6 Å². The normalized spacial score (nSPS) is 16.1. The van der Waals surface area contributed by atoms with Crippen molar-refractivity contribution in [2.75, 3.05) is 0 Å². The van der Waals surface area contributed by atoms with Crippen molar-refractivity contribution in [1.82, 2.24) is 4.90 Å². The molecule has 1 aromatic heterocycles. The van der Waals surface area contributed by atoms with Gasteiger partial charge in [0.1, 0.15) is 21.9 Å². The van der Waals surface area contributed by atoms with Gasteiger partial charge >= 0.3 is 11.9 Å². The highest BCUT2D eigenvalue weighted by Crippen LogP contribution is 2.36. The van der Waals surface area contributed by atoms with Crippen molar-refractivity contribution in [1.29, 1.82) is 0 Å². The van der Waals surface area contributed by atoms with Gasteiger partial charge in [-0.3, -0.25) is 24.6 Å². The number of carbonyl (C=O) groups excluding carboxylic acids is 1. The van der Waals surface area contributed by atoms with Gasteiger partial charge in [0.25, 0.3) is 11.6 Å². The summed E-state index contributed by atoms with van der Waals surface area (Å²) in [4.78, 5) is 46.4. The third kappa shape index (κ3) is 4.23. The Balaban J connectivity index is 1.90. The summed E-state index contributed by atoms with van der Waals surface area (Å²) < 4.78 is 5.50. The molecule has 10 nitrogen and oxygen atoms in total. The highest BCUT2D eigenvalue weighted by molar-refractivity contribution is 8.26. The molecule has 1 aromatic carbocycles. The van der Waals surface area contributed by atoms with Gasteiger partial charge in [0.2, 0.25) is 0 Å². The maximum absolute atomic E-state index is 12.6. The van der Waals surface area contributed by atoms with Crippen molar-refractivity contribution >= 4 is 57.9 Å². The predicted molar refractivity (Wildman–Crippen MR) is 109 cm³/mol. The van der Waals surface area contributed by atoms with Crippen molar-refractivity contribution < 1.29 is 33.9 Å². The van der Waals surface area contributed by atoms with E-state index in [0.29, 0.717) is 0 Å². The zero-order valence-electron chi connectivity index (χ0n) is 14.9. The molecular weight excluding hydrogens is 436 g/mol. The highest BCUT2D eigenvalue weighted by atomic mass is 32.2. The van der Waals surface area contributed by atoms with Crippen LogP contribution in [0.2, 0.25) is 0 Å². The molecular formula is C18H12N2O8S2. The van der Waals surface area contributed by atoms with Crippen LogP contribution in [0.15, 0.2) is 45.7 Å². The molecule has 0 radical (unpaired) electrons. The van der Waals surface area contributed by atoms with Crippen LogP contribution in [0, 0.1) is 10.1 Å². The Morgan fingerprint density at radius 3 is 2.60 bits per heavy atom. The number of amides is 1. The Morgan fingerprint density at radius 1 is 1.27 bits per heavy atom. The molecule has 0 bridgehead atoms. The number of nitrogens with zero attached hydrogens (tertiary/aromatic N) is 2. The molecule has 0 spiro atoms. The Labute approximate surface area is 177 Å². The average Bonchev–Trinajstić information content (AvgIpc) is 3.24. The molecule has 0 aliphatic carbocycles. The minimum atomic E-state index is -1.64. The van der Waals surface area contributed by atoms with E-state index >= 15 is 0 Å². The van der Waals surface area contributed by atoms with E-state index in [1.54, 1.807) is 6.07 Å². The molecule has 0 saturated carbocycles. The second-order valence-electron chi connectivity index (χ2n) is 5.98. The molecule has 12 heteroatoms. The SMILES string of the molecule is O=C(O)C[C@H](C(=O)O)N1C(=O)/C(=C/c2ccc(-c3ccccc3[N+](=O)[O-])o2)SC1=S. The first-order chi connectivity index (χ1) is 14.2. The molecule has 0 unspecified atom stereocenters. The van der Waals surface area contributed by atoms with Crippen molar-refractivity contribution in [2.24, 2.45) is 0 Å². The van der Waals surface area contributed by atoms with Crippen LogP contribution in [-0.2, 0) is 14.4 Å². The minimum absolute atomic E-state index is 0.0418. The average molecular weight is 448 g/mol. The number of benzene rings is 1. The lowest BCUT2D eigenvalue weighted by Gasteiger charge is -2.21. The lowest BCUT2D eigenvalue weighted by Crippen LogP contribution is -2.45. The lowest BCUT2D eigenvalue weighted by atomic mass is 10.1. The predicted octanol–water partition coefficient (Wildman–Crippen LogP) is 2.98. The number of rotatable bonds is 7. The number of nitro benzene ring substituents is 1. The fraction of sp³-hybridized carbons (Fsp3) is 0.111. The molecule has 1 saturated heterocycles. The van der Waals surface area contributed by atoms with Gasteiger partial charge in [-0.1, -0.05) is 36.1 Å². The molecule has 2 N–H and O–H groups in total. The Bertz CT molecular complexity index is 1110. The number of carbonyl (C=O) groups is 3. The van der Waals surface area contributed by atoms with Crippen LogP contribution in [0.3, 0.4) is 0 Å². The monoisotopic (exact) mass is 448 g/mol. The first kappa shape index (κ1) is 21.2. The zero-order valence-corrected chi connectivity index (χ0v) is 16.5. The minimum Gasteiger partial charge on any atom is -0.481 e. The number of nitro groups is 1. The summed E-state index contributed by atoms with van der Waals surface area (Å²) >= 11 is 5.86. The number of para-hydroxylation sites is 1. The van der Waals surface area contributed by atoms with E-state index < -0.39 is 35.2 Å². The smallest absolute Gasteiger partial charge is 0.327 e. The summed E-state index contributed by atoms with van der Waals surface area (Å²) in [7, 11) is 0. The van der Waals surface area contributed by atoms with E-state index in [2.05, 4.69) is 0 Å². The molecule has 1 fully saturated rings. The van der Waals surface area contributed by atoms with Crippen LogP contribution >= 0.6 is 24.0 Å². The number of carboxylic acid groups (broad SMARTS) is 2. The molecule has 3 rings (SSSR count). The van der Waals surface area contributed by atoms with Crippen LogP contribution < -0.4 is 0 Å². The fourth-order valence-electron chi connectivity index (χ4n) is 2.75. The number of carboxylic acids is 2. The first-order valence-corrected chi connectivity index (χ1v) is 9.46. The maximum Gasteiger partial charge on any atom is 0.327 e. The van der Waals surface area contributed by atoms with E-state index in [4.69, 9.17) is 21.7 Å². The van der Waals surface area contributed by atoms with Crippen LogP contribution in [0.25, 0.3) is 17.4 Å². The van der Waals surface area contributed by atoms with E-state index in [-0.39, 0.29) is 32.0 Å². The van der Waals surface area contributed by atoms with Gasteiger partial charge < -0.3 is 14.6 Å². The maximum atomic E-state index is 12.6. The molecule has 2 aromatic rings. The van der Waals surface area contributed by atoms with Gasteiger partial charge in [0.05, 0.1) is 21.8 Å². The van der Waals surface area contributed by atoms with Crippen LogP contribution in [0.4, 0.5) is 5.69 Å². The molecule has 1 atom stereocenters. The van der Waals surface area contributed by atoms with Crippen molar-refractivity contribution in [3.05, 3.63) is 57.2 Å². The van der Waals surface area contributed by atoms with Gasteiger partial charge in [-0.25, -0.2) is 4.79 Å². The quantitative estimate of drug-likeness (QED) is 0.280. The summed E-state index contributed by atoms with van der Waals surface area (Å²) in [5.41, 5.74) is 0.102. The summed E-state index contributed by atoms with van der Waals surface area (Å²) in [6.45, 7) is 0. The Morgan fingerprint density at radius 2 is 1.97 bits per heavy atom. The summed E-state index contributed by atoms with van der Waals surface area (Å²) in [6, 6.07) is 7.33. The van der Waals surface area contributed by atoms with Gasteiger partial charge in [0.15, 0.2) is 0 Å². The number of thiocarbonyl (C=S) groups is 1. The number of aliphatic carboxylic acids is 2. The highest BCUT2D eigenvalue weighted by Gasteiger charge is 2.41. The van der Waals surface area contributed by atoms with Gasteiger partial charge in [-0.2, -0.15) is 0 Å². The molecule has 1 aliphatic rings. The van der Waals surface area contributed by atoms with Crippen molar-refractivity contribution in [3.63, 3.8) is 0 Å². The zero-order chi connectivity index (χ0) is 22.0. The fourth-order valence-corrected chi connectivity index (χ4v) is 4.09. The summed E-state index contributed by atoms with van der Waals surface area (Å²) in [6.07, 6.45) is 0.509. The summed E-state index contributed by atoms with van der Waals surface area (Å²) in [5, 5.41) is 29.4. The largest absolute Gasteiger partial charge is 0.481 e. The second kappa shape index (κ2) is 8.47. The molecule has 30 heavy (non-hydrogen) atoms. The van der Waals surface area contributed by atoms with Crippen LogP contribution in [-0.4, -0.2) is 48.2 Å². The first-order valence-electron chi connectivity index (χ1n) is 8.24. The van der Waals surface area contributed by atoms with Gasteiger partial charge in [-0.15, -0.1) is 0 Å². The Kier molecular flexibility index (Phi) is 5.99. The lowest BCUT2D eigenvalue weighted by molar-refractivity contribution is -0.384. The van der Waals surface area contributed by atoms with E-state index in [0.717, 1.165) is 16.7 Å². The third-order valence-corrected chi connectivity index (χ3v) is 5.38. The molecule has 1 aliphatic heterocycles. The number of thioether (sulfide) groups is 1. The molecule has 154 valence electrons. The summed E-state index contributed by atoms with van der Waals surface area (Å²) in [5.74, 6) is -3.25. The standard InChI is InChI=1S/C18H12N2O8S2/c21-15(22)8-12(17(24)25)19-16(23)14(30-18(19)29)7-9-5-6-13(28-9)10-3-1-2-4-11(10)20(26)27/h1-7,12H,8H2,(H,21,22)(H,24,25)/b14-7-/t12-/m1/s1. The molecule has 1 amide bonds. The number of hydrogen-bond donors (Lipinski definition) is 2. The van der Waals surface area contributed by atoms with Gasteiger partial charge in [0, 0.05) is 12.1 Å². The van der Waals surface area contributed by atoms with E-state index in [1.807, 2.05) is 0 Å². The van der Waals surface area contributed by atoms with Crippen LogP contribution in [0.1, 0.15) is 12.2 Å². The van der Waals surface area contributed by atoms with E-state index in [1.165, 1.54) is 36.4 Å². The number of furan rings is 1. The topological polar surface area (TPSA) is 151 Å². The number of hydrogen-bond acceptors (Lipinski definition) is 8. The van der Waals surface area contributed by atoms with Crippen molar-refractivity contribution in [2.45, 2.75) is 12.5 Å². The second-order valence-corrected chi connectivity index (χ2v) is 7.66. The Hall–Kier alpha value is -3.51.